The fourth-order valence-electron chi connectivity index (χ4n) is 2.09. The number of carbonyl (C=O) groups excluding carboxylic acids is 1. The van der Waals surface area contributed by atoms with Crippen molar-refractivity contribution < 1.29 is 26.9 Å². The third-order valence-electron chi connectivity index (χ3n) is 3.22. The SMILES string of the molecule is CCOC(=O)CNS(=O)(=O)NC(C)c1noc(=O)n1-c1ccc(F)c(Br)c1. The van der Waals surface area contributed by atoms with Gasteiger partial charge in [0.2, 0.25) is 0 Å². The summed E-state index contributed by atoms with van der Waals surface area (Å²) in [6, 6.07) is 2.73. The lowest BCUT2D eigenvalue weighted by Gasteiger charge is -2.14. The van der Waals surface area contributed by atoms with Crippen LogP contribution in [-0.4, -0.2) is 37.3 Å². The fraction of sp³-hybridized carbons (Fsp3) is 0.357. The molecule has 2 aromatic rings. The second-order valence-corrected chi connectivity index (χ2v) is 7.60. The zero-order valence-corrected chi connectivity index (χ0v) is 16.6. The van der Waals surface area contributed by atoms with Crippen LogP contribution in [0.5, 0.6) is 0 Å². The molecule has 0 aliphatic heterocycles. The summed E-state index contributed by atoms with van der Waals surface area (Å²) in [4.78, 5) is 23.2. The smallest absolute Gasteiger partial charge is 0.446 e. The second kappa shape index (κ2) is 8.73. The zero-order valence-electron chi connectivity index (χ0n) is 14.2. The third-order valence-corrected chi connectivity index (χ3v) is 5.02. The maximum absolute atomic E-state index is 13.4. The molecule has 0 saturated carbocycles. The summed E-state index contributed by atoms with van der Waals surface area (Å²) in [5.41, 5.74) is 0.218. The standard InChI is InChI=1S/C14H16BrFN4O6S/c1-3-25-12(21)7-17-27(23,24)19-8(2)13-18-26-14(22)20(13)9-4-5-11(16)10(15)6-9/h4-6,8,17,19H,3,7H2,1-2H3. The summed E-state index contributed by atoms with van der Waals surface area (Å²) < 4.78 is 52.0. The van der Waals surface area contributed by atoms with Crippen LogP contribution in [-0.2, 0) is 19.7 Å². The van der Waals surface area contributed by atoms with Gasteiger partial charge in [0.25, 0.3) is 10.2 Å². The normalized spacial score (nSPS) is 12.7. The minimum Gasteiger partial charge on any atom is -0.465 e. The number of hydrogen-bond donors (Lipinski definition) is 2. The predicted octanol–water partition coefficient (Wildman–Crippen LogP) is 0.775. The van der Waals surface area contributed by atoms with Crippen LogP contribution in [0.25, 0.3) is 5.69 Å². The molecule has 1 aromatic carbocycles. The van der Waals surface area contributed by atoms with Gasteiger partial charge in [0.15, 0.2) is 5.82 Å². The van der Waals surface area contributed by atoms with Gasteiger partial charge in [-0.3, -0.25) is 9.32 Å². The summed E-state index contributed by atoms with van der Waals surface area (Å²) >= 11 is 3.01. The number of carbonyl (C=O) groups is 1. The summed E-state index contributed by atoms with van der Waals surface area (Å²) in [7, 11) is -4.11. The average Bonchev–Trinajstić information content (AvgIpc) is 2.97. The van der Waals surface area contributed by atoms with E-state index in [4.69, 9.17) is 0 Å². The first-order chi connectivity index (χ1) is 12.6. The van der Waals surface area contributed by atoms with Crippen molar-refractivity contribution in [2.75, 3.05) is 13.2 Å². The Hall–Kier alpha value is -2.09. The maximum atomic E-state index is 13.4. The van der Waals surface area contributed by atoms with Gasteiger partial charge in [-0.2, -0.15) is 17.9 Å². The topological polar surface area (TPSA) is 133 Å². The van der Waals surface area contributed by atoms with Gasteiger partial charge in [-0.25, -0.2) is 13.8 Å². The maximum Gasteiger partial charge on any atom is 0.446 e. The minimum atomic E-state index is -4.11. The van der Waals surface area contributed by atoms with E-state index in [0.29, 0.717) is 0 Å². The molecule has 148 valence electrons. The number of aromatic nitrogens is 2. The van der Waals surface area contributed by atoms with Crippen LogP contribution in [0.2, 0.25) is 0 Å². The van der Waals surface area contributed by atoms with Crippen LogP contribution in [0.1, 0.15) is 25.7 Å². The predicted molar refractivity (Wildman–Crippen MR) is 94.9 cm³/mol. The van der Waals surface area contributed by atoms with Gasteiger partial charge < -0.3 is 4.74 Å². The van der Waals surface area contributed by atoms with E-state index in [1.165, 1.54) is 19.1 Å². The number of benzene rings is 1. The largest absolute Gasteiger partial charge is 0.465 e. The number of hydrogen-bond acceptors (Lipinski definition) is 7. The Kier molecular flexibility index (Phi) is 6.86. The highest BCUT2D eigenvalue weighted by molar-refractivity contribution is 9.10. The van der Waals surface area contributed by atoms with Crippen LogP contribution in [0.15, 0.2) is 32.0 Å². The molecule has 2 N–H and O–H groups in total. The number of ether oxygens (including phenoxy) is 1. The van der Waals surface area contributed by atoms with E-state index in [1.54, 1.807) is 6.92 Å². The van der Waals surface area contributed by atoms with E-state index in [1.807, 2.05) is 4.72 Å². The van der Waals surface area contributed by atoms with Crippen LogP contribution >= 0.6 is 15.9 Å². The van der Waals surface area contributed by atoms with Crippen molar-refractivity contribution in [1.29, 1.82) is 0 Å². The third kappa shape index (κ3) is 5.45. The number of rotatable bonds is 8. The molecule has 27 heavy (non-hydrogen) atoms. The van der Waals surface area contributed by atoms with E-state index in [9.17, 15) is 22.4 Å². The molecule has 0 bridgehead atoms. The highest BCUT2D eigenvalue weighted by Crippen LogP contribution is 2.21. The molecule has 0 saturated heterocycles. The van der Waals surface area contributed by atoms with Crippen molar-refractivity contribution in [3.05, 3.63) is 44.9 Å². The monoisotopic (exact) mass is 466 g/mol. The van der Waals surface area contributed by atoms with Gasteiger partial charge in [-0.1, -0.05) is 5.16 Å². The quantitative estimate of drug-likeness (QED) is 0.549. The van der Waals surface area contributed by atoms with Gasteiger partial charge in [-0.05, 0) is 48.0 Å². The average molecular weight is 467 g/mol. The first kappa shape index (κ1) is 21.2. The van der Waals surface area contributed by atoms with E-state index in [0.717, 1.165) is 10.6 Å². The molecule has 1 unspecified atom stereocenters. The first-order valence-electron chi connectivity index (χ1n) is 7.61. The molecule has 10 nitrogen and oxygen atoms in total. The molecule has 1 aromatic heterocycles. The summed E-state index contributed by atoms with van der Waals surface area (Å²) in [6.07, 6.45) is 0. The van der Waals surface area contributed by atoms with Crippen molar-refractivity contribution in [2.24, 2.45) is 0 Å². The Morgan fingerprint density at radius 3 is 2.81 bits per heavy atom. The Labute approximate surface area is 162 Å². The van der Waals surface area contributed by atoms with E-state index >= 15 is 0 Å². The van der Waals surface area contributed by atoms with Crippen LogP contribution in [0, 0.1) is 5.82 Å². The molecular formula is C14H16BrFN4O6S. The Balaban J connectivity index is 2.22. The van der Waals surface area contributed by atoms with Crippen LogP contribution < -0.4 is 15.2 Å². The first-order valence-corrected chi connectivity index (χ1v) is 9.88. The van der Waals surface area contributed by atoms with Crippen molar-refractivity contribution in [3.63, 3.8) is 0 Å². The number of nitrogens with zero attached hydrogens (tertiary/aromatic N) is 2. The Morgan fingerprint density at radius 1 is 1.48 bits per heavy atom. The number of halogens is 2. The molecule has 0 fully saturated rings. The van der Waals surface area contributed by atoms with Crippen molar-refractivity contribution in [2.45, 2.75) is 19.9 Å². The highest BCUT2D eigenvalue weighted by atomic mass is 79.9. The Bertz CT molecular complexity index is 990. The summed E-state index contributed by atoms with van der Waals surface area (Å²) in [5, 5.41) is 3.57. The molecular weight excluding hydrogens is 451 g/mol. The van der Waals surface area contributed by atoms with Crippen LogP contribution in [0.3, 0.4) is 0 Å². The fourth-order valence-corrected chi connectivity index (χ4v) is 3.42. The lowest BCUT2D eigenvalue weighted by molar-refractivity contribution is -0.141. The molecule has 2 rings (SSSR count). The summed E-state index contributed by atoms with van der Waals surface area (Å²) in [6.45, 7) is 2.55. The molecule has 13 heteroatoms. The van der Waals surface area contributed by atoms with Gasteiger partial charge in [0.05, 0.1) is 22.8 Å². The zero-order chi connectivity index (χ0) is 20.2. The van der Waals surface area contributed by atoms with Crippen molar-refractivity contribution >= 4 is 32.1 Å². The van der Waals surface area contributed by atoms with E-state index in [2.05, 4.69) is 35.1 Å². The molecule has 0 aliphatic rings. The van der Waals surface area contributed by atoms with Gasteiger partial charge in [0, 0.05) is 0 Å². The number of nitrogens with one attached hydrogen (secondary N) is 2. The van der Waals surface area contributed by atoms with E-state index < -0.39 is 40.3 Å². The lowest BCUT2D eigenvalue weighted by atomic mass is 10.3. The molecule has 1 atom stereocenters. The van der Waals surface area contributed by atoms with Gasteiger partial charge in [-0.15, -0.1) is 0 Å². The second-order valence-electron chi connectivity index (χ2n) is 5.21. The highest BCUT2D eigenvalue weighted by Gasteiger charge is 2.24. The van der Waals surface area contributed by atoms with Gasteiger partial charge in [0.1, 0.15) is 12.4 Å². The number of esters is 1. The molecule has 0 radical (unpaired) electrons. The summed E-state index contributed by atoms with van der Waals surface area (Å²) in [5.74, 6) is -2.24. The molecule has 0 amide bonds. The molecule has 1 heterocycles. The van der Waals surface area contributed by atoms with Crippen LogP contribution in [0.4, 0.5) is 4.39 Å². The minimum absolute atomic E-state index is 0.0694. The Morgan fingerprint density at radius 2 is 2.19 bits per heavy atom. The molecule has 0 aliphatic carbocycles. The lowest BCUT2D eigenvalue weighted by Crippen LogP contribution is -2.41. The molecule has 0 spiro atoms. The van der Waals surface area contributed by atoms with Crippen molar-refractivity contribution in [3.8, 4) is 5.69 Å². The van der Waals surface area contributed by atoms with E-state index in [-0.39, 0.29) is 22.6 Å². The van der Waals surface area contributed by atoms with Gasteiger partial charge >= 0.3 is 11.7 Å². The van der Waals surface area contributed by atoms with Crippen molar-refractivity contribution in [1.82, 2.24) is 19.2 Å².